The average molecular weight is 244 g/mol. The Labute approximate surface area is 105 Å². The van der Waals surface area contributed by atoms with E-state index < -0.39 is 5.97 Å². The van der Waals surface area contributed by atoms with Crippen molar-refractivity contribution < 1.29 is 9.90 Å². The van der Waals surface area contributed by atoms with Crippen LogP contribution in [0.1, 0.15) is 15.9 Å². The fourth-order valence-electron chi connectivity index (χ4n) is 1.74. The molecule has 2 nitrogen and oxygen atoms in total. The van der Waals surface area contributed by atoms with Crippen LogP contribution >= 0.6 is 12.6 Å². The van der Waals surface area contributed by atoms with E-state index in [0.717, 1.165) is 16.7 Å². The molecule has 17 heavy (non-hydrogen) atoms. The SMILES string of the molecule is O=C(O)c1cc(CS)ccc1-c1ccccc1. The van der Waals surface area contributed by atoms with Crippen LogP contribution in [0.2, 0.25) is 0 Å². The first-order valence-corrected chi connectivity index (χ1v) is 5.88. The molecule has 0 saturated heterocycles. The van der Waals surface area contributed by atoms with Gasteiger partial charge < -0.3 is 5.11 Å². The predicted molar refractivity (Wildman–Crippen MR) is 71.5 cm³/mol. The largest absolute Gasteiger partial charge is 0.478 e. The molecule has 0 radical (unpaired) electrons. The lowest BCUT2D eigenvalue weighted by Crippen LogP contribution is -2.00. The Balaban J connectivity index is 2.58. The van der Waals surface area contributed by atoms with Crippen molar-refractivity contribution in [1.82, 2.24) is 0 Å². The molecule has 2 rings (SSSR count). The van der Waals surface area contributed by atoms with Gasteiger partial charge in [0.2, 0.25) is 0 Å². The number of rotatable bonds is 3. The van der Waals surface area contributed by atoms with Gasteiger partial charge in [-0.25, -0.2) is 4.79 Å². The molecule has 0 fully saturated rings. The summed E-state index contributed by atoms with van der Waals surface area (Å²) in [6.07, 6.45) is 0. The highest BCUT2D eigenvalue weighted by Crippen LogP contribution is 2.25. The van der Waals surface area contributed by atoms with E-state index in [0.29, 0.717) is 11.3 Å². The van der Waals surface area contributed by atoms with Crippen molar-refractivity contribution in [3.63, 3.8) is 0 Å². The topological polar surface area (TPSA) is 37.3 Å². The molecule has 3 heteroatoms. The van der Waals surface area contributed by atoms with E-state index in [2.05, 4.69) is 12.6 Å². The Morgan fingerprint density at radius 2 is 1.82 bits per heavy atom. The van der Waals surface area contributed by atoms with Crippen molar-refractivity contribution in [2.24, 2.45) is 0 Å². The molecule has 2 aromatic rings. The monoisotopic (exact) mass is 244 g/mol. The Morgan fingerprint density at radius 3 is 2.41 bits per heavy atom. The lowest BCUT2D eigenvalue weighted by Gasteiger charge is -2.08. The van der Waals surface area contributed by atoms with Crippen LogP contribution in [0.3, 0.4) is 0 Å². The van der Waals surface area contributed by atoms with Crippen molar-refractivity contribution in [2.75, 3.05) is 0 Å². The Hall–Kier alpha value is -1.74. The number of carboxylic acids is 1. The molecule has 0 saturated carbocycles. The molecule has 0 aliphatic rings. The summed E-state index contributed by atoms with van der Waals surface area (Å²) >= 11 is 4.15. The molecule has 0 aliphatic heterocycles. The Kier molecular flexibility index (Phi) is 3.49. The van der Waals surface area contributed by atoms with Crippen molar-refractivity contribution in [2.45, 2.75) is 5.75 Å². The number of aromatic carboxylic acids is 1. The van der Waals surface area contributed by atoms with Gasteiger partial charge in [0.25, 0.3) is 0 Å². The fourth-order valence-corrected chi connectivity index (χ4v) is 1.93. The number of benzene rings is 2. The second kappa shape index (κ2) is 5.06. The van der Waals surface area contributed by atoms with Crippen LogP contribution in [0.15, 0.2) is 48.5 Å². The standard InChI is InChI=1S/C14H12O2S/c15-14(16)13-8-10(9-17)6-7-12(13)11-4-2-1-3-5-11/h1-8,17H,9H2,(H,15,16). The number of thiol groups is 1. The summed E-state index contributed by atoms with van der Waals surface area (Å²) in [5.74, 6) is -0.373. The van der Waals surface area contributed by atoms with Gasteiger partial charge in [0.05, 0.1) is 5.56 Å². The summed E-state index contributed by atoms with van der Waals surface area (Å²) in [7, 11) is 0. The summed E-state index contributed by atoms with van der Waals surface area (Å²) in [5.41, 5.74) is 2.88. The van der Waals surface area contributed by atoms with Gasteiger partial charge in [-0.05, 0) is 22.8 Å². The van der Waals surface area contributed by atoms with E-state index in [1.165, 1.54) is 0 Å². The van der Waals surface area contributed by atoms with Gasteiger partial charge >= 0.3 is 5.97 Å². The molecule has 0 aliphatic carbocycles. The van der Waals surface area contributed by atoms with E-state index in [9.17, 15) is 9.90 Å². The van der Waals surface area contributed by atoms with Crippen LogP contribution in [-0.4, -0.2) is 11.1 Å². The number of carbonyl (C=O) groups is 1. The number of hydrogen-bond acceptors (Lipinski definition) is 2. The summed E-state index contributed by atoms with van der Waals surface area (Å²) in [4.78, 5) is 11.2. The Morgan fingerprint density at radius 1 is 1.12 bits per heavy atom. The molecule has 0 heterocycles. The summed E-state index contributed by atoms with van der Waals surface area (Å²) in [5, 5.41) is 9.22. The molecule has 0 atom stereocenters. The second-order valence-electron chi connectivity index (χ2n) is 3.71. The van der Waals surface area contributed by atoms with E-state index in [4.69, 9.17) is 0 Å². The second-order valence-corrected chi connectivity index (χ2v) is 4.03. The molecule has 0 spiro atoms. The summed E-state index contributed by atoms with van der Waals surface area (Å²) in [6, 6.07) is 14.9. The van der Waals surface area contributed by atoms with Crippen LogP contribution in [0.4, 0.5) is 0 Å². The van der Waals surface area contributed by atoms with Crippen LogP contribution in [0.5, 0.6) is 0 Å². The lowest BCUT2D eigenvalue weighted by atomic mass is 9.98. The highest BCUT2D eigenvalue weighted by Gasteiger charge is 2.11. The van der Waals surface area contributed by atoms with E-state index >= 15 is 0 Å². The predicted octanol–water partition coefficient (Wildman–Crippen LogP) is 3.48. The van der Waals surface area contributed by atoms with Gasteiger partial charge in [0.15, 0.2) is 0 Å². The van der Waals surface area contributed by atoms with Crippen LogP contribution in [0, 0.1) is 0 Å². The smallest absolute Gasteiger partial charge is 0.336 e. The molecule has 86 valence electrons. The van der Waals surface area contributed by atoms with Crippen molar-refractivity contribution >= 4 is 18.6 Å². The lowest BCUT2D eigenvalue weighted by molar-refractivity contribution is 0.0697. The maximum atomic E-state index is 11.2. The zero-order valence-corrected chi connectivity index (χ0v) is 10.0. The number of hydrogen-bond donors (Lipinski definition) is 2. The van der Waals surface area contributed by atoms with Crippen LogP contribution in [0.25, 0.3) is 11.1 Å². The van der Waals surface area contributed by atoms with Crippen LogP contribution < -0.4 is 0 Å². The minimum Gasteiger partial charge on any atom is -0.478 e. The fraction of sp³-hybridized carbons (Fsp3) is 0.0714. The molecule has 0 amide bonds. The van der Waals surface area contributed by atoms with Gasteiger partial charge in [0.1, 0.15) is 0 Å². The quantitative estimate of drug-likeness (QED) is 0.811. The highest BCUT2D eigenvalue weighted by atomic mass is 32.1. The van der Waals surface area contributed by atoms with Gasteiger partial charge in [-0.1, -0.05) is 42.5 Å². The third-order valence-corrected chi connectivity index (χ3v) is 2.95. The Bertz CT molecular complexity index is 535. The van der Waals surface area contributed by atoms with E-state index in [-0.39, 0.29) is 0 Å². The zero-order chi connectivity index (χ0) is 12.3. The van der Waals surface area contributed by atoms with Gasteiger partial charge in [0, 0.05) is 5.75 Å². The molecule has 0 unspecified atom stereocenters. The molecular formula is C14H12O2S. The summed E-state index contributed by atoms with van der Waals surface area (Å²) in [6.45, 7) is 0. The first-order chi connectivity index (χ1) is 8.22. The minimum atomic E-state index is -0.910. The van der Waals surface area contributed by atoms with Crippen molar-refractivity contribution in [3.8, 4) is 11.1 Å². The third kappa shape index (κ3) is 2.50. The number of carboxylic acid groups (broad SMARTS) is 1. The maximum Gasteiger partial charge on any atom is 0.336 e. The van der Waals surface area contributed by atoms with E-state index in [1.807, 2.05) is 42.5 Å². The molecule has 0 bridgehead atoms. The highest BCUT2D eigenvalue weighted by molar-refractivity contribution is 7.79. The maximum absolute atomic E-state index is 11.2. The molecule has 2 aromatic carbocycles. The zero-order valence-electron chi connectivity index (χ0n) is 9.13. The molecular weight excluding hydrogens is 232 g/mol. The molecule has 1 N–H and O–H groups in total. The van der Waals surface area contributed by atoms with E-state index in [1.54, 1.807) is 6.07 Å². The van der Waals surface area contributed by atoms with Gasteiger partial charge in [-0.3, -0.25) is 0 Å². The first-order valence-electron chi connectivity index (χ1n) is 5.25. The first kappa shape index (κ1) is 11.7. The van der Waals surface area contributed by atoms with Gasteiger partial charge in [-0.15, -0.1) is 0 Å². The average Bonchev–Trinajstić information content (AvgIpc) is 2.39. The summed E-state index contributed by atoms with van der Waals surface area (Å²) < 4.78 is 0. The third-order valence-electron chi connectivity index (χ3n) is 2.58. The minimum absolute atomic E-state index is 0.322. The van der Waals surface area contributed by atoms with Crippen molar-refractivity contribution in [1.29, 1.82) is 0 Å². The normalized spacial score (nSPS) is 10.2. The van der Waals surface area contributed by atoms with Gasteiger partial charge in [-0.2, -0.15) is 12.6 Å². The van der Waals surface area contributed by atoms with Crippen LogP contribution in [-0.2, 0) is 5.75 Å². The van der Waals surface area contributed by atoms with Crippen molar-refractivity contribution in [3.05, 3.63) is 59.7 Å². The molecule has 0 aromatic heterocycles.